The largest absolute Gasteiger partial charge is 0.486 e. The molecule has 0 spiro atoms. The van der Waals surface area contributed by atoms with Crippen molar-refractivity contribution >= 4 is 11.0 Å². The second-order valence-corrected chi connectivity index (χ2v) is 6.67. The van der Waals surface area contributed by atoms with Gasteiger partial charge in [0.25, 0.3) is 0 Å². The van der Waals surface area contributed by atoms with Gasteiger partial charge in [0, 0.05) is 36.8 Å². The van der Waals surface area contributed by atoms with Crippen molar-refractivity contribution in [1.82, 2.24) is 19.1 Å². The van der Waals surface area contributed by atoms with Crippen LogP contribution in [0.3, 0.4) is 0 Å². The van der Waals surface area contributed by atoms with Crippen LogP contribution >= 0.6 is 0 Å². The fourth-order valence-corrected chi connectivity index (χ4v) is 3.53. The molecule has 0 aliphatic carbocycles. The van der Waals surface area contributed by atoms with E-state index >= 15 is 0 Å². The number of imidazole rings is 2. The highest BCUT2D eigenvalue weighted by atomic mass is 16.6. The number of rotatable bonds is 5. The molecule has 142 valence electrons. The van der Waals surface area contributed by atoms with Crippen molar-refractivity contribution in [3.63, 3.8) is 0 Å². The summed E-state index contributed by atoms with van der Waals surface area (Å²) in [5.41, 5.74) is 3.92. The van der Waals surface area contributed by atoms with Gasteiger partial charge in [0.05, 0.1) is 17.4 Å². The first-order valence-corrected chi connectivity index (χ1v) is 9.33. The molecule has 0 atom stereocenters. The summed E-state index contributed by atoms with van der Waals surface area (Å²) < 4.78 is 15.4. The van der Waals surface area contributed by atoms with E-state index in [1.807, 2.05) is 41.4 Å². The molecule has 7 nitrogen and oxygen atoms in total. The standard InChI is InChI=1S/C21H20N4O3/c26-9-1-7-24-14-23-17-13-16(3-4-18(17)24)25-8-6-22-21(25)15-2-5-19-20(12-15)28-11-10-27-19/h2-6,8,12-14,26H,1,7,9-11H2. The van der Waals surface area contributed by atoms with Crippen molar-refractivity contribution in [3.05, 3.63) is 55.1 Å². The van der Waals surface area contributed by atoms with Crippen LogP contribution < -0.4 is 9.47 Å². The third kappa shape index (κ3) is 2.90. The molecule has 5 rings (SSSR count). The van der Waals surface area contributed by atoms with Crippen LogP contribution in [0.1, 0.15) is 6.42 Å². The minimum atomic E-state index is 0.172. The predicted octanol–water partition coefficient (Wildman–Crippen LogP) is 3.04. The molecule has 0 fully saturated rings. The average molecular weight is 376 g/mol. The number of ether oxygens (including phenoxy) is 2. The van der Waals surface area contributed by atoms with Gasteiger partial charge in [-0.2, -0.15) is 0 Å². The zero-order valence-electron chi connectivity index (χ0n) is 15.3. The molecule has 0 bridgehead atoms. The topological polar surface area (TPSA) is 74.3 Å². The Kier molecular flexibility index (Phi) is 4.21. The van der Waals surface area contributed by atoms with Gasteiger partial charge in [0.2, 0.25) is 0 Å². The molecule has 0 unspecified atom stereocenters. The van der Waals surface area contributed by atoms with Gasteiger partial charge < -0.3 is 19.1 Å². The summed E-state index contributed by atoms with van der Waals surface area (Å²) >= 11 is 0. The zero-order valence-corrected chi connectivity index (χ0v) is 15.3. The van der Waals surface area contributed by atoms with Crippen LogP contribution in [0.5, 0.6) is 11.5 Å². The van der Waals surface area contributed by atoms with Gasteiger partial charge in [-0.15, -0.1) is 0 Å². The molecule has 28 heavy (non-hydrogen) atoms. The van der Waals surface area contributed by atoms with Gasteiger partial charge in [-0.3, -0.25) is 4.57 Å². The van der Waals surface area contributed by atoms with E-state index in [1.165, 1.54) is 0 Å². The third-order valence-corrected chi connectivity index (χ3v) is 4.88. The Bertz CT molecular complexity index is 1130. The second kappa shape index (κ2) is 7.01. The lowest BCUT2D eigenvalue weighted by molar-refractivity contribution is 0.171. The fraction of sp³-hybridized carbons (Fsp3) is 0.238. The summed E-state index contributed by atoms with van der Waals surface area (Å²) in [6, 6.07) is 12.1. The summed E-state index contributed by atoms with van der Waals surface area (Å²) in [4.78, 5) is 9.06. The second-order valence-electron chi connectivity index (χ2n) is 6.67. The number of aryl methyl sites for hydroxylation is 1. The first kappa shape index (κ1) is 16.8. The molecule has 1 N–H and O–H groups in total. The van der Waals surface area contributed by atoms with E-state index in [4.69, 9.17) is 14.6 Å². The van der Waals surface area contributed by atoms with Crippen LogP contribution in [0, 0.1) is 0 Å². The Hall–Kier alpha value is -3.32. The molecule has 2 aromatic heterocycles. The van der Waals surface area contributed by atoms with Crippen molar-refractivity contribution < 1.29 is 14.6 Å². The minimum absolute atomic E-state index is 0.172. The van der Waals surface area contributed by atoms with E-state index in [-0.39, 0.29) is 6.61 Å². The normalized spacial score (nSPS) is 13.2. The Morgan fingerprint density at radius 3 is 2.79 bits per heavy atom. The number of aliphatic hydroxyl groups excluding tert-OH is 1. The van der Waals surface area contributed by atoms with Gasteiger partial charge in [0.15, 0.2) is 11.5 Å². The van der Waals surface area contributed by atoms with Gasteiger partial charge in [-0.25, -0.2) is 9.97 Å². The SMILES string of the molecule is OCCCn1cnc2cc(-n3ccnc3-c3ccc4c(c3)OCCO4)ccc21. The van der Waals surface area contributed by atoms with Gasteiger partial charge in [-0.1, -0.05) is 0 Å². The first-order valence-electron chi connectivity index (χ1n) is 9.33. The highest BCUT2D eigenvalue weighted by Gasteiger charge is 2.15. The lowest BCUT2D eigenvalue weighted by atomic mass is 10.1. The summed E-state index contributed by atoms with van der Waals surface area (Å²) in [7, 11) is 0. The van der Waals surface area contributed by atoms with Crippen molar-refractivity contribution in [2.45, 2.75) is 13.0 Å². The summed E-state index contributed by atoms with van der Waals surface area (Å²) in [6.07, 6.45) is 6.26. The van der Waals surface area contributed by atoms with Gasteiger partial charge in [0.1, 0.15) is 19.0 Å². The van der Waals surface area contributed by atoms with Gasteiger partial charge in [-0.05, 0) is 42.8 Å². The van der Waals surface area contributed by atoms with Crippen molar-refractivity contribution in [2.75, 3.05) is 19.8 Å². The van der Waals surface area contributed by atoms with Crippen molar-refractivity contribution in [3.8, 4) is 28.6 Å². The van der Waals surface area contributed by atoms with Crippen LogP contribution in [-0.4, -0.2) is 44.0 Å². The Balaban J connectivity index is 1.52. The molecule has 4 aromatic rings. The van der Waals surface area contributed by atoms with E-state index in [2.05, 4.69) is 26.7 Å². The molecular weight excluding hydrogens is 356 g/mol. The van der Waals surface area contributed by atoms with Crippen LogP contribution in [-0.2, 0) is 6.54 Å². The number of hydrogen-bond donors (Lipinski definition) is 1. The smallest absolute Gasteiger partial charge is 0.162 e. The molecule has 0 saturated carbocycles. The Labute approximate surface area is 161 Å². The average Bonchev–Trinajstić information content (AvgIpc) is 3.38. The van der Waals surface area contributed by atoms with E-state index < -0.39 is 0 Å². The highest BCUT2D eigenvalue weighted by Crippen LogP contribution is 2.34. The Morgan fingerprint density at radius 2 is 1.89 bits per heavy atom. The highest BCUT2D eigenvalue weighted by molar-refractivity contribution is 5.78. The summed E-state index contributed by atoms with van der Waals surface area (Å²) in [6.45, 7) is 2.05. The molecule has 2 aromatic carbocycles. The lowest BCUT2D eigenvalue weighted by Gasteiger charge is -2.19. The van der Waals surface area contributed by atoms with Gasteiger partial charge >= 0.3 is 0 Å². The summed E-state index contributed by atoms with van der Waals surface area (Å²) in [5, 5.41) is 9.06. The monoisotopic (exact) mass is 376 g/mol. The van der Waals surface area contributed by atoms with Crippen LogP contribution in [0.15, 0.2) is 55.1 Å². The first-order chi connectivity index (χ1) is 13.8. The molecule has 3 heterocycles. The van der Waals surface area contributed by atoms with Crippen molar-refractivity contribution in [1.29, 1.82) is 0 Å². The van der Waals surface area contributed by atoms with Crippen LogP contribution in [0.4, 0.5) is 0 Å². The maximum Gasteiger partial charge on any atom is 0.162 e. The number of fused-ring (bicyclic) bond motifs is 2. The van der Waals surface area contributed by atoms with Crippen LogP contribution in [0.2, 0.25) is 0 Å². The molecule has 1 aliphatic rings. The van der Waals surface area contributed by atoms with Crippen LogP contribution in [0.25, 0.3) is 28.1 Å². The van der Waals surface area contributed by atoms with Crippen molar-refractivity contribution in [2.24, 2.45) is 0 Å². The number of benzene rings is 2. The number of aliphatic hydroxyl groups is 1. The number of aromatic nitrogens is 4. The molecule has 1 aliphatic heterocycles. The van der Waals surface area contributed by atoms with E-state index in [1.54, 1.807) is 6.20 Å². The molecule has 7 heteroatoms. The fourth-order valence-electron chi connectivity index (χ4n) is 3.53. The molecule has 0 amide bonds. The predicted molar refractivity (Wildman–Crippen MR) is 105 cm³/mol. The Morgan fingerprint density at radius 1 is 1.00 bits per heavy atom. The molecule has 0 radical (unpaired) electrons. The molecular formula is C21H20N4O3. The number of nitrogens with zero attached hydrogens (tertiary/aromatic N) is 4. The minimum Gasteiger partial charge on any atom is -0.486 e. The maximum atomic E-state index is 9.06. The van der Waals surface area contributed by atoms with E-state index in [0.717, 1.165) is 46.2 Å². The molecule has 0 saturated heterocycles. The van der Waals surface area contributed by atoms with E-state index in [0.29, 0.717) is 19.6 Å². The number of hydrogen-bond acceptors (Lipinski definition) is 5. The maximum absolute atomic E-state index is 9.06. The third-order valence-electron chi connectivity index (χ3n) is 4.88. The van der Waals surface area contributed by atoms with E-state index in [9.17, 15) is 0 Å². The summed E-state index contributed by atoms with van der Waals surface area (Å²) in [5.74, 6) is 2.34. The zero-order chi connectivity index (χ0) is 18.9. The lowest BCUT2D eigenvalue weighted by Crippen LogP contribution is -2.15. The quantitative estimate of drug-likeness (QED) is 0.579.